The minimum Gasteiger partial charge on any atom is -0.359 e. The molecule has 1 aromatic carbocycles. The van der Waals surface area contributed by atoms with E-state index in [-0.39, 0.29) is 17.8 Å². The lowest BCUT2D eigenvalue weighted by atomic mass is 9.93. The van der Waals surface area contributed by atoms with E-state index in [1.165, 1.54) is 29.2 Å². The monoisotopic (exact) mass is 499 g/mol. The average Bonchev–Trinajstić information content (AvgIpc) is 3.26. The maximum Gasteiger partial charge on any atom is 0.145 e. The van der Waals surface area contributed by atoms with Gasteiger partial charge in [0.2, 0.25) is 0 Å². The van der Waals surface area contributed by atoms with Gasteiger partial charge in [-0.25, -0.2) is 9.18 Å². The van der Waals surface area contributed by atoms with Crippen LogP contribution in [-0.4, -0.2) is 27.4 Å². The van der Waals surface area contributed by atoms with Crippen LogP contribution in [0.3, 0.4) is 0 Å². The van der Waals surface area contributed by atoms with Gasteiger partial charge in [-0.2, -0.15) is 0 Å². The number of aromatic nitrogens is 2. The van der Waals surface area contributed by atoms with E-state index in [0.717, 1.165) is 48.3 Å². The molecule has 37 heavy (non-hydrogen) atoms. The number of benzene rings is 1. The van der Waals surface area contributed by atoms with Crippen LogP contribution in [0.1, 0.15) is 79.3 Å². The molecular weight excluding hydrogens is 461 g/mol. The lowest BCUT2D eigenvalue weighted by Crippen LogP contribution is -2.29. The smallest absolute Gasteiger partial charge is 0.145 e. The molecule has 2 aliphatic rings. The molecule has 5 heteroatoms. The molecule has 4 nitrogen and oxygen atoms in total. The standard InChI is InChI=1S/C32H38FN3O/c1-22(26-8-6-11-30(33)16-15-26)18-31(21-37)36(17-7-12-32-24(3)34-20-23(2)35-32)25(4)28-14-13-27-9-5-10-29(27)19-28/h6,8,13-16,19-20,22,25H,5,7,9-12,17-18H2,1-4H3. The first kappa shape index (κ1) is 26.8. The summed E-state index contributed by atoms with van der Waals surface area (Å²) in [5, 5.41) is 0. The van der Waals surface area contributed by atoms with Crippen LogP contribution in [0.25, 0.3) is 0 Å². The Hall–Kier alpha value is -3.30. The molecule has 0 saturated carbocycles. The van der Waals surface area contributed by atoms with E-state index >= 15 is 0 Å². The Morgan fingerprint density at radius 3 is 2.78 bits per heavy atom. The largest absolute Gasteiger partial charge is 0.359 e. The van der Waals surface area contributed by atoms with Gasteiger partial charge >= 0.3 is 0 Å². The molecular formula is C32H38FN3O. The Kier molecular flexibility index (Phi) is 8.89. The van der Waals surface area contributed by atoms with Crippen molar-refractivity contribution in [2.24, 2.45) is 5.92 Å². The Bertz CT molecular complexity index is 1270. The molecule has 0 aliphatic heterocycles. The second-order valence-electron chi connectivity index (χ2n) is 10.4. The number of fused-ring (bicyclic) bond motifs is 1. The lowest BCUT2D eigenvalue weighted by Gasteiger charge is -2.33. The van der Waals surface area contributed by atoms with Gasteiger partial charge in [0.25, 0.3) is 0 Å². The van der Waals surface area contributed by atoms with Crippen molar-refractivity contribution in [3.05, 3.63) is 99.6 Å². The molecule has 0 N–H and O–H groups in total. The van der Waals surface area contributed by atoms with Crippen molar-refractivity contribution in [3.8, 4) is 0 Å². The number of aryl methyl sites for hydroxylation is 5. The molecule has 2 unspecified atom stereocenters. The summed E-state index contributed by atoms with van der Waals surface area (Å²) < 4.78 is 13.7. The van der Waals surface area contributed by atoms with Crippen LogP contribution in [0, 0.1) is 19.8 Å². The van der Waals surface area contributed by atoms with Crippen LogP contribution >= 0.6 is 0 Å². The Morgan fingerprint density at radius 2 is 1.97 bits per heavy atom. The quantitative estimate of drug-likeness (QED) is 0.328. The highest BCUT2D eigenvalue weighted by atomic mass is 19.1. The zero-order valence-corrected chi connectivity index (χ0v) is 22.6. The molecule has 0 fully saturated rings. The molecule has 1 aromatic heterocycles. The normalized spacial score (nSPS) is 16.2. The fourth-order valence-electron chi connectivity index (χ4n) is 5.41. The Morgan fingerprint density at radius 1 is 1.16 bits per heavy atom. The van der Waals surface area contributed by atoms with Gasteiger partial charge in [-0.05, 0) is 87.1 Å². The lowest BCUT2D eigenvalue weighted by molar-refractivity contribution is 0.255. The molecule has 0 amide bonds. The predicted octanol–water partition coefficient (Wildman–Crippen LogP) is 7.06. The molecule has 0 spiro atoms. The van der Waals surface area contributed by atoms with Crippen molar-refractivity contribution in [2.45, 2.75) is 78.7 Å². The van der Waals surface area contributed by atoms with Gasteiger partial charge in [-0.1, -0.05) is 43.4 Å². The van der Waals surface area contributed by atoms with Gasteiger partial charge in [-0.15, -0.1) is 0 Å². The van der Waals surface area contributed by atoms with Gasteiger partial charge in [0, 0.05) is 25.6 Å². The molecule has 1 heterocycles. The summed E-state index contributed by atoms with van der Waals surface area (Å²) in [6.45, 7) is 8.95. The third-order valence-electron chi connectivity index (χ3n) is 7.67. The number of carbonyl (C=O) groups excluding carboxylic acids is 1. The van der Waals surface area contributed by atoms with Crippen LogP contribution in [-0.2, 0) is 24.1 Å². The zero-order valence-electron chi connectivity index (χ0n) is 22.6. The SMILES string of the molecule is Cc1cnc(C)c(CCCN(C(=C=O)CC(C)C2=CC=C(F)CC=C2)C(C)c2ccc3c(c2)CCC3)n1. The Balaban J connectivity index is 1.56. The number of hydrogen-bond acceptors (Lipinski definition) is 4. The van der Waals surface area contributed by atoms with Gasteiger partial charge < -0.3 is 4.90 Å². The number of halogens is 1. The molecule has 4 rings (SSSR count). The van der Waals surface area contributed by atoms with Gasteiger partial charge in [0.1, 0.15) is 11.8 Å². The van der Waals surface area contributed by atoms with Crippen molar-refractivity contribution in [1.82, 2.24) is 14.9 Å². The fraction of sp³-hybridized carbons (Fsp3) is 0.438. The number of allylic oxidation sites excluding steroid dienone is 7. The molecule has 2 aromatic rings. The highest BCUT2D eigenvalue weighted by Crippen LogP contribution is 2.32. The first-order valence-electron chi connectivity index (χ1n) is 13.5. The van der Waals surface area contributed by atoms with Crippen LogP contribution in [0.15, 0.2) is 65.8 Å². The average molecular weight is 500 g/mol. The summed E-state index contributed by atoms with van der Waals surface area (Å²) in [6, 6.07) is 6.84. The number of nitrogens with zero attached hydrogens (tertiary/aromatic N) is 3. The molecule has 2 atom stereocenters. The summed E-state index contributed by atoms with van der Waals surface area (Å²) in [5.74, 6) is 2.21. The fourth-order valence-corrected chi connectivity index (χ4v) is 5.41. The minimum absolute atomic E-state index is 0.0373. The van der Waals surface area contributed by atoms with Crippen molar-refractivity contribution < 1.29 is 9.18 Å². The molecule has 0 saturated heterocycles. The van der Waals surface area contributed by atoms with Crippen molar-refractivity contribution in [3.63, 3.8) is 0 Å². The first-order valence-corrected chi connectivity index (χ1v) is 13.5. The highest BCUT2D eigenvalue weighted by molar-refractivity contribution is 5.53. The summed E-state index contributed by atoms with van der Waals surface area (Å²) >= 11 is 0. The number of rotatable bonds is 10. The predicted molar refractivity (Wildman–Crippen MR) is 147 cm³/mol. The maximum atomic E-state index is 13.7. The van der Waals surface area contributed by atoms with Gasteiger partial charge in [-0.3, -0.25) is 9.97 Å². The van der Waals surface area contributed by atoms with E-state index in [1.54, 1.807) is 6.20 Å². The molecule has 194 valence electrons. The topological polar surface area (TPSA) is 46.1 Å². The third-order valence-corrected chi connectivity index (χ3v) is 7.67. The molecule has 0 radical (unpaired) electrons. The molecule has 0 bridgehead atoms. The Labute approximate surface area is 220 Å². The van der Waals surface area contributed by atoms with Crippen LogP contribution in [0.2, 0.25) is 0 Å². The number of hydrogen-bond donors (Lipinski definition) is 0. The van der Waals surface area contributed by atoms with E-state index in [9.17, 15) is 9.18 Å². The van der Waals surface area contributed by atoms with Crippen molar-refractivity contribution >= 4 is 5.94 Å². The summed E-state index contributed by atoms with van der Waals surface area (Å²) in [7, 11) is 0. The highest BCUT2D eigenvalue weighted by Gasteiger charge is 2.24. The summed E-state index contributed by atoms with van der Waals surface area (Å²) in [4.78, 5) is 23.8. The third kappa shape index (κ3) is 6.72. The van der Waals surface area contributed by atoms with E-state index in [2.05, 4.69) is 52.9 Å². The van der Waals surface area contributed by atoms with Crippen molar-refractivity contribution in [1.29, 1.82) is 0 Å². The minimum atomic E-state index is -0.147. The van der Waals surface area contributed by atoms with E-state index in [1.807, 2.05) is 32.1 Å². The second-order valence-corrected chi connectivity index (χ2v) is 10.4. The summed E-state index contributed by atoms with van der Waals surface area (Å²) in [5.41, 5.74) is 8.68. The van der Waals surface area contributed by atoms with Crippen molar-refractivity contribution in [2.75, 3.05) is 6.54 Å². The summed E-state index contributed by atoms with van der Waals surface area (Å²) in [6.07, 6.45) is 15.0. The second kappa shape index (κ2) is 12.3. The van der Waals surface area contributed by atoms with E-state index in [4.69, 9.17) is 0 Å². The zero-order chi connectivity index (χ0) is 26.4. The maximum absolute atomic E-state index is 13.7. The van der Waals surface area contributed by atoms with Gasteiger partial charge in [0.05, 0.1) is 28.8 Å². The van der Waals surface area contributed by atoms with Crippen LogP contribution in [0.5, 0.6) is 0 Å². The van der Waals surface area contributed by atoms with E-state index < -0.39 is 0 Å². The van der Waals surface area contributed by atoms with Crippen LogP contribution in [0.4, 0.5) is 4.39 Å². The van der Waals surface area contributed by atoms with Crippen LogP contribution < -0.4 is 0 Å². The van der Waals surface area contributed by atoms with E-state index in [0.29, 0.717) is 25.1 Å². The molecule has 2 aliphatic carbocycles. The van der Waals surface area contributed by atoms with Gasteiger partial charge in [0.15, 0.2) is 0 Å². The first-order chi connectivity index (χ1) is 17.9.